The molecule has 112 valence electrons. The number of hydrogen-bond donors (Lipinski definition) is 1. The van der Waals surface area contributed by atoms with Crippen LogP contribution in [0.25, 0.3) is 0 Å². The summed E-state index contributed by atoms with van der Waals surface area (Å²) in [7, 11) is 0. The van der Waals surface area contributed by atoms with Crippen molar-refractivity contribution in [3.05, 3.63) is 35.9 Å². The lowest BCUT2D eigenvalue weighted by Gasteiger charge is -2.18. The minimum Gasteiger partial charge on any atom is -0.459 e. The highest BCUT2D eigenvalue weighted by atomic mass is 79.9. The zero-order valence-corrected chi connectivity index (χ0v) is 13.5. The van der Waals surface area contributed by atoms with Gasteiger partial charge in [0, 0.05) is 5.33 Å². The predicted molar refractivity (Wildman–Crippen MR) is 83.8 cm³/mol. The maximum absolute atomic E-state index is 11.9. The summed E-state index contributed by atoms with van der Waals surface area (Å²) in [6.07, 6.45) is 4.04. The summed E-state index contributed by atoms with van der Waals surface area (Å²) in [5, 5.41) is 10.6. The average molecular weight is 343 g/mol. The lowest BCUT2D eigenvalue weighted by atomic mass is 10.1. The molecule has 0 aliphatic rings. The van der Waals surface area contributed by atoms with E-state index in [0.717, 1.165) is 19.3 Å². The number of esters is 1. The van der Waals surface area contributed by atoms with Crippen LogP contribution in [0.2, 0.25) is 0 Å². The summed E-state index contributed by atoms with van der Waals surface area (Å²) in [6.45, 7) is 2.16. The Morgan fingerprint density at radius 3 is 2.55 bits per heavy atom. The van der Waals surface area contributed by atoms with Crippen LogP contribution >= 0.6 is 15.9 Å². The van der Waals surface area contributed by atoms with Crippen molar-refractivity contribution in [3.8, 4) is 0 Å². The van der Waals surface area contributed by atoms with Crippen LogP contribution in [0.3, 0.4) is 0 Å². The fourth-order valence-electron chi connectivity index (χ4n) is 1.97. The fourth-order valence-corrected chi connectivity index (χ4v) is 2.42. The molecule has 0 aliphatic heterocycles. The SMILES string of the molecule is CCCCCC[C@H](CBr)OC(=O)[C@@H](O)c1ccccc1. The van der Waals surface area contributed by atoms with Gasteiger partial charge in [-0.3, -0.25) is 0 Å². The van der Waals surface area contributed by atoms with Crippen LogP contribution in [-0.4, -0.2) is 22.5 Å². The molecule has 1 aromatic rings. The van der Waals surface area contributed by atoms with E-state index in [-0.39, 0.29) is 6.10 Å². The molecular formula is C16H23BrO3. The largest absolute Gasteiger partial charge is 0.459 e. The third-order valence-corrected chi connectivity index (χ3v) is 3.90. The van der Waals surface area contributed by atoms with E-state index >= 15 is 0 Å². The average Bonchev–Trinajstić information content (AvgIpc) is 2.50. The maximum atomic E-state index is 11.9. The highest BCUT2D eigenvalue weighted by Gasteiger charge is 2.22. The van der Waals surface area contributed by atoms with Crippen LogP contribution in [0.5, 0.6) is 0 Å². The van der Waals surface area contributed by atoms with Gasteiger partial charge in [0.2, 0.25) is 0 Å². The number of benzene rings is 1. The lowest BCUT2D eigenvalue weighted by Crippen LogP contribution is -2.24. The van der Waals surface area contributed by atoms with Gasteiger partial charge in [-0.2, -0.15) is 0 Å². The molecule has 20 heavy (non-hydrogen) atoms. The van der Waals surface area contributed by atoms with Crippen molar-refractivity contribution in [1.82, 2.24) is 0 Å². The molecule has 0 spiro atoms. The van der Waals surface area contributed by atoms with Crippen LogP contribution in [-0.2, 0) is 9.53 Å². The van der Waals surface area contributed by atoms with E-state index in [1.807, 2.05) is 6.07 Å². The molecule has 2 atom stereocenters. The van der Waals surface area contributed by atoms with Crippen molar-refractivity contribution in [3.63, 3.8) is 0 Å². The molecule has 0 saturated carbocycles. The number of carbonyl (C=O) groups is 1. The number of alkyl halides is 1. The van der Waals surface area contributed by atoms with Gasteiger partial charge in [0.25, 0.3) is 0 Å². The highest BCUT2D eigenvalue weighted by Crippen LogP contribution is 2.17. The summed E-state index contributed by atoms with van der Waals surface area (Å²) < 4.78 is 5.36. The van der Waals surface area contributed by atoms with Crippen molar-refractivity contribution >= 4 is 21.9 Å². The van der Waals surface area contributed by atoms with E-state index in [0.29, 0.717) is 10.9 Å². The molecular weight excluding hydrogens is 320 g/mol. The first-order chi connectivity index (χ1) is 9.69. The second kappa shape index (κ2) is 9.94. The first kappa shape index (κ1) is 17.2. The Bertz CT molecular complexity index is 381. The molecule has 0 heterocycles. The molecule has 0 unspecified atom stereocenters. The Morgan fingerprint density at radius 1 is 1.25 bits per heavy atom. The van der Waals surface area contributed by atoms with Gasteiger partial charge < -0.3 is 9.84 Å². The minimum absolute atomic E-state index is 0.169. The molecule has 0 aliphatic carbocycles. The molecule has 0 fully saturated rings. The highest BCUT2D eigenvalue weighted by molar-refractivity contribution is 9.09. The maximum Gasteiger partial charge on any atom is 0.339 e. The van der Waals surface area contributed by atoms with Crippen molar-refractivity contribution in [1.29, 1.82) is 0 Å². The monoisotopic (exact) mass is 342 g/mol. The molecule has 1 N–H and O–H groups in total. The van der Waals surface area contributed by atoms with E-state index < -0.39 is 12.1 Å². The summed E-state index contributed by atoms with van der Waals surface area (Å²) in [6, 6.07) is 8.86. The summed E-state index contributed by atoms with van der Waals surface area (Å²) in [5.41, 5.74) is 0.566. The minimum atomic E-state index is -1.20. The molecule has 1 rings (SSSR count). The van der Waals surface area contributed by atoms with Crippen LogP contribution in [0, 0.1) is 0 Å². The van der Waals surface area contributed by atoms with Crippen molar-refractivity contribution in [2.24, 2.45) is 0 Å². The predicted octanol–water partition coefficient (Wildman–Crippen LogP) is 4.00. The Kier molecular flexibility index (Phi) is 8.54. The van der Waals surface area contributed by atoms with Crippen LogP contribution in [0.1, 0.15) is 50.7 Å². The van der Waals surface area contributed by atoms with Gasteiger partial charge in [0.1, 0.15) is 6.10 Å². The summed E-state index contributed by atoms with van der Waals surface area (Å²) in [5.74, 6) is -0.573. The number of ether oxygens (including phenoxy) is 1. The molecule has 0 radical (unpaired) electrons. The lowest BCUT2D eigenvalue weighted by molar-refractivity contribution is -0.158. The van der Waals surface area contributed by atoms with Crippen molar-refractivity contribution in [2.45, 2.75) is 51.2 Å². The van der Waals surface area contributed by atoms with Crippen LogP contribution in [0.4, 0.5) is 0 Å². The quantitative estimate of drug-likeness (QED) is 0.419. The molecule has 4 heteroatoms. The van der Waals surface area contributed by atoms with E-state index in [2.05, 4.69) is 22.9 Å². The van der Waals surface area contributed by atoms with E-state index in [1.165, 1.54) is 12.8 Å². The number of rotatable bonds is 9. The Hall–Kier alpha value is -0.870. The van der Waals surface area contributed by atoms with Gasteiger partial charge in [-0.25, -0.2) is 4.79 Å². The number of aliphatic hydroxyl groups is 1. The zero-order chi connectivity index (χ0) is 14.8. The van der Waals surface area contributed by atoms with Gasteiger partial charge in [-0.1, -0.05) is 72.4 Å². The van der Waals surface area contributed by atoms with Crippen LogP contribution in [0.15, 0.2) is 30.3 Å². The molecule has 0 amide bonds. The van der Waals surface area contributed by atoms with Crippen LogP contribution < -0.4 is 0 Å². The van der Waals surface area contributed by atoms with E-state index in [9.17, 15) is 9.90 Å². The molecule has 0 saturated heterocycles. The topological polar surface area (TPSA) is 46.5 Å². The smallest absolute Gasteiger partial charge is 0.339 e. The number of carbonyl (C=O) groups excluding carboxylic acids is 1. The first-order valence-electron chi connectivity index (χ1n) is 7.18. The van der Waals surface area contributed by atoms with Gasteiger partial charge in [0.15, 0.2) is 6.10 Å². The van der Waals surface area contributed by atoms with Gasteiger partial charge in [-0.05, 0) is 18.4 Å². The molecule has 3 nitrogen and oxygen atoms in total. The van der Waals surface area contributed by atoms with Gasteiger partial charge >= 0.3 is 5.97 Å². The van der Waals surface area contributed by atoms with E-state index in [1.54, 1.807) is 24.3 Å². The number of hydrogen-bond acceptors (Lipinski definition) is 3. The Morgan fingerprint density at radius 2 is 1.95 bits per heavy atom. The van der Waals surface area contributed by atoms with Crippen molar-refractivity contribution in [2.75, 3.05) is 5.33 Å². The second-order valence-electron chi connectivity index (χ2n) is 4.88. The number of halogens is 1. The Labute approximate surface area is 129 Å². The molecule has 1 aromatic carbocycles. The molecule has 0 bridgehead atoms. The summed E-state index contributed by atoms with van der Waals surface area (Å²) >= 11 is 3.36. The fraction of sp³-hybridized carbons (Fsp3) is 0.562. The third kappa shape index (κ3) is 6.06. The van der Waals surface area contributed by atoms with Gasteiger partial charge in [-0.15, -0.1) is 0 Å². The second-order valence-corrected chi connectivity index (χ2v) is 5.52. The van der Waals surface area contributed by atoms with E-state index in [4.69, 9.17) is 4.74 Å². The number of unbranched alkanes of at least 4 members (excludes halogenated alkanes) is 3. The Balaban J connectivity index is 2.42. The van der Waals surface area contributed by atoms with Crippen molar-refractivity contribution < 1.29 is 14.6 Å². The van der Waals surface area contributed by atoms with Gasteiger partial charge in [0.05, 0.1) is 0 Å². The normalized spacial score (nSPS) is 13.8. The third-order valence-electron chi connectivity index (χ3n) is 3.17. The number of aliphatic hydroxyl groups excluding tert-OH is 1. The zero-order valence-electron chi connectivity index (χ0n) is 11.9. The first-order valence-corrected chi connectivity index (χ1v) is 8.30. The molecule has 0 aromatic heterocycles. The standard InChI is InChI=1S/C16H23BrO3/c1-2-3-4-8-11-14(12-17)20-16(19)15(18)13-9-6-5-7-10-13/h5-7,9-10,14-15,18H,2-4,8,11-12H2,1H3/t14-,15+/m1/s1. The summed E-state index contributed by atoms with van der Waals surface area (Å²) in [4.78, 5) is 11.9.